The van der Waals surface area contributed by atoms with Crippen LogP contribution in [0.25, 0.3) is 0 Å². The van der Waals surface area contributed by atoms with Gasteiger partial charge in [-0.1, -0.05) is 17.7 Å². The van der Waals surface area contributed by atoms with E-state index in [-0.39, 0.29) is 46.7 Å². The molecule has 182 valence electrons. The number of amides is 2. The number of carbonyl (C=O) groups is 2. The van der Waals surface area contributed by atoms with E-state index in [1.54, 1.807) is 0 Å². The van der Waals surface area contributed by atoms with Crippen LogP contribution in [0.1, 0.15) is 34.8 Å². The Morgan fingerprint density at radius 3 is 2.59 bits per heavy atom. The van der Waals surface area contributed by atoms with Crippen molar-refractivity contribution in [3.05, 3.63) is 64.2 Å². The lowest BCUT2D eigenvalue weighted by Gasteiger charge is -2.35. The van der Waals surface area contributed by atoms with Crippen molar-refractivity contribution in [2.75, 3.05) is 26.0 Å². The molecular formula is C23H23ClF2N2O5S. The summed E-state index contributed by atoms with van der Waals surface area (Å²) in [6.45, 7) is 0.223. The highest BCUT2D eigenvalue weighted by Gasteiger charge is 2.39. The predicted molar refractivity (Wildman–Crippen MR) is 120 cm³/mol. The molecule has 0 radical (unpaired) electrons. The number of sulfone groups is 1. The predicted octanol–water partition coefficient (Wildman–Crippen LogP) is 3.13. The first-order chi connectivity index (χ1) is 16.1. The van der Waals surface area contributed by atoms with E-state index in [1.807, 2.05) is 0 Å². The number of rotatable bonds is 6. The number of carbonyl (C=O) groups excluding carboxylic acids is 2. The summed E-state index contributed by atoms with van der Waals surface area (Å²) in [6, 6.07) is 5.63. The Labute approximate surface area is 200 Å². The molecular weight excluding hydrogens is 490 g/mol. The molecule has 11 heteroatoms. The highest BCUT2D eigenvalue weighted by Crippen LogP contribution is 2.42. The van der Waals surface area contributed by atoms with E-state index in [2.05, 4.69) is 5.32 Å². The van der Waals surface area contributed by atoms with Gasteiger partial charge in [0.15, 0.2) is 9.84 Å². The summed E-state index contributed by atoms with van der Waals surface area (Å²) in [6.07, 6.45) is 2.51. The first-order valence-electron chi connectivity index (χ1n) is 10.7. The second-order valence-electron chi connectivity index (χ2n) is 8.50. The highest BCUT2D eigenvalue weighted by molar-refractivity contribution is 7.90. The Kier molecular flexibility index (Phi) is 6.93. The molecule has 4 rings (SSSR count). The fraction of sp³-hybridized carbons (Fsp3) is 0.391. The third kappa shape index (κ3) is 5.24. The molecule has 1 N–H and O–H groups in total. The van der Waals surface area contributed by atoms with Crippen molar-refractivity contribution in [1.29, 1.82) is 0 Å². The smallest absolute Gasteiger partial charge is 0.254 e. The van der Waals surface area contributed by atoms with E-state index in [0.29, 0.717) is 0 Å². The largest absolute Gasteiger partial charge is 0.377 e. The second-order valence-corrected chi connectivity index (χ2v) is 10.9. The van der Waals surface area contributed by atoms with E-state index in [4.69, 9.17) is 16.3 Å². The molecule has 1 unspecified atom stereocenters. The summed E-state index contributed by atoms with van der Waals surface area (Å²) < 4.78 is 57.8. The quantitative estimate of drug-likeness (QED) is 0.600. The number of hydrogen-bond donors (Lipinski definition) is 1. The third-order valence-corrected chi connectivity index (χ3v) is 7.37. The fourth-order valence-electron chi connectivity index (χ4n) is 3.99. The molecule has 2 atom stereocenters. The molecule has 0 bridgehead atoms. The first kappa shape index (κ1) is 24.6. The summed E-state index contributed by atoms with van der Waals surface area (Å²) in [5.41, 5.74) is 0.111. The van der Waals surface area contributed by atoms with Crippen molar-refractivity contribution in [2.45, 2.75) is 29.8 Å². The molecule has 1 heterocycles. The summed E-state index contributed by atoms with van der Waals surface area (Å²) in [7, 11) is -3.53. The van der Waals surface area contributed by atoms with Crippen molar-refractivity contribution >= 4 is 33.3 Å². The number of ether oxygens (including phenoxy) is 1. The molecule has 2 aromatic rings. The molecule has 2 fully saturated rings. The van der Waals surface area contributed by atoms with Gasteiger partial charge in [-0.25, -0.2) is 17.2 Å². The van der Waals surface area contributed by atoms with Crippen LogP contribution in [0.3, 0.4) is 0 Å². The van der Waals surface area contributed by atoms with Gasteiger partial charge >= 0.3 is 0 Å². The minimum atomic E-state index is -3.53. The SMILES string of the molecule is CS(=O)(=O)c1cccc(C(=O)N2CCOC[C@@H]2C(=O)NC(c2cc(F)c(Cl)cc2F)C2CC2)c1. The Morgan fingerprint density at radius 2 is 1.91 bits per heavy atom. The zero-order valence-corrected chi connectivity index (χ0v) is 19.8. The van der Waals surface area contributed by atoms with Gasteiger partial charge in [0.25, 0.3) is 5.91 Å². The van der Waals surface area contributed by atoms with Gasteiger partial charge in [0, 0.05) is 23.9 Å². The lowest BCUT2D eigenvalue weighted by atomic mass is 10.0. The van der Waals surface area contributed by atoms with Gasteiger partial charge in [0.1, 0.15) is 17.7 Å². The number of morpholine rings is 1. The maximum absolute atomic E-state index is 14.6. The molecule has 1 aliphatic carbocycles. The van der Waals surface area contributed by atoms with E-state index in [0.717, 1.165) is 31.2 Å². The summed E-state index contributed by atoms with van der Waals surface area (Å²) in [4.78, 5) is 27.7. The minimum Gasteiger partial charge on any atom is -0.377 e. The van der Waals surface area contributed by atoms with E-state index < -0.39 is 45.4 Å². The summed E-state index contributed by atoms with van der Waals surface area (Å²) in [5, 5.41) is 2.41. The maximum Gasteiger partial charge on any atom is 0.254 e. The molecule has 2 aliphatic rings. The molecule has 7 nitrogen and oxygen atoms in total. The van der Waals surface area contributed by atoms with Crippen molar-refractivity contribution in [2.24, 2.45) is 5.92 Å². The highest BCUT2D eigenvalue weighted by atomic mass is 35.5. The maximum atomic E-state index is 14.6. The number of hydrogen-bond acceptors (Lipinski definition) is 5. The lowest BCUT2D eigenvalue weighted by molar-refractivity contribution is -0.131. The standard InChI is InChI=1S/C23H23ClF2N2O5S/c1-34(31,32)15-4-2-3-14(9-15)23(30)28-7-8-33-12-20(28)22(29)27-21(13-5-6-13)16-10-19(26)17(24)11-18(16)25/h2-4,9-11,13,20-21H,5-8,12H2,1H3,(H,27,29)/t20-,21?/m1/s1. The normalized spacial score (nSPS) is 19.5. The van der Waals surface area contributed by atoms with Crippen LogP contribution in [-0.2, 0) is 19.4 Å². The molecule has 0 spiro atoms. The number of nitrogens with zero attached hydrogens (tertiary/aromatic N) is 1. The topological polar surface area (TPSA) is 92.8 Å². The number of halogens is 3. The zero-order chi connectivity index (χ0) is 24.6. The fourth-order valence-corrected chi connectivity index (χ4v) is 4.81. The molecule has 2 amide bonds. The average Bonchev–Trinajstić information content (AvgIpc) is 3.64. The third-order valence-electron chi connectivity index (χ3n) is 5.97. The van der Waals surface area contributed by atoms with Crippen LogP contribution < -0.4 is 5.32 Å². The van der Waals surface area contributed by atoms with Gasteiger partial charge in [-0.3, -0.25) is 9.59 Å². The Morgan fingerprint density at radius 1 is 1.18 bits per heavy atom. The Bertz CT molecular complexity index is 1240. The van der Waals surface area contributed by atoms with Gasteiger partial charge in [-0.15, -0.1) is 0 Å². The minimum absolute atomic E-state index is 0.00629. The monoisotopic (exact) mass is 512 g/mol. The number of nitrogens with one attached hydrogen (secondary N) is 1. The van der Waals surface area contributed by atoms with Gasteiger partial charge in [-0.2, -0.15) is 0 Å². The Hall–Kier alpha value is -2.56. The zero-order valence-electron chi connectivity index (χ0n) is 18.3. The molecule has 34 heavy (non-hydrogen) atoms. The van der Waals surface area contributed by atoms with Crippen molar-refractivity contribution in [3.63, 3.8) is 0 Å². The van der Waals surface area contributed by atoms with E-state index >= 15 is 0 Å². The van der Waals surface area contributed by atoms with Crippen LogP contribution in [0.4, 0.5) is 8.78 Å². The van der Waals surface area contributed by atoms with Gasteiger partial charge in [0.2, 0.25) is 5.91 Å². The molecule has 2 aromatic carbocycles. The first-order valence-corrected chi connectivity index (χ1v) is 13.0. The second kappa shape index (κ2) is 9.59. The Balaban J connectivity index is 1.58. The molecule has 1 saturated carbocycles. The van der Waals surface area contributed by atoms with Crippen molar-refractivity contribution < 1.29 is 31.5 Å². The molecule has 1 aliphatic heterocycles. The van der Waals surface area contributed by atoms with Crippen LogP contribution >= 0.6 is 11.6 Å². The van der Waals surface area contributed by atoms with Crippen LogP contribution in [-0.4, -0.2) is 57.2 Å². The van der Waals surface area contributed by atoms with Gasteiger partial charge < -0.3 is 15.0 Å². The van der Waals surface area contributed by atoms with Gasteiger partial charge in [0.05, 0.1) is 29.2 Å². The van der Waals surface area contributed by atoms with E-state index in [9.17, 15) is 26.8 Å². The molecule has 0 aromatic heterocycles. The number of benzene rings is 2. The summed E-state index contributed by atoms with van der Waals surface area (Å²) >= 11 is 5.66. The van der Waals surface area contributed by atoms with Crippen molar-refractivity contribution in [3.8, 4) is 0 Å². The van der Waals surface area contributed by atoms with Gasteiger partial charge in [-0.05, 0) is 49.1 Å². The summed E-state index contributed by atoms with van der Waals surface area (Å²) in [5.74, 6) is -2.69. The van der Waals surface area contributed by atoms with Crippen LogP contribution in [0.5, 0.6) is 0 Å². The average molecular weight is 513 g/mol. The van der Waals surface area contributed by atoms with Crippen LogP contribution in [0, 0.1) is 17.6 Å². The lowest BCUT2D eigenvalue weighted by Crippen LogP contribution is -2.56. The van der Waals surface area contributed by atoms with Crippen molar-refractivity contribution in [1.82, 2.24) is 10.2 Å². The van der Waals surface area contributed by atoms with Crippen LogP contribution in [0.2, 0.25) is 5.02 Å². The van der Waals surface area contributed by atoms with E-state index in [1.165, 1.54) is 29.2 Å². The molecule has 1 saturated heterocycles. The van der Waals surface area contributed by atoms with Crippen LogP contribution in [0.15, 0.2) is 41.3 Å².